The third-order valence-electron chi connectivity index (χ3n) is 4.07. The molecule has 3 heteroatoms. The van der Waals surface area contributed by atoms with Gasteiger partial charge in [-0.2, -0.15) is 0 Å². The topological polar surface area (TPSA) is 30.5 Å². The smallest absolute Gasteiger partial charge is 0.126 e. The molecule has 0 aliphatic carbocycles. The second-order valence-corrected chi connectivity index (χ2v) is 5.50. The molecule has 2 aromatic rings. The highest BCUT2D eigenvalue weighted by atomic mass is 16.5. The number of benzene rings is 2. The van der Waals surface area contributed by atoms with Crippen molar-refractivity contribution >= 4 is 0 Å². The van der Waals surface area contributed by atoms with Crippen molar-refractivity contribution in [2.75, 3.05) is 14.2 Å². The molecule has 1 aliphatic rings. The molecule has 21 heavy (non-hydrogen) atoms. The fourth-order valence-corrected chi connectivity index (χ4v) is 2.91. The van der Waals surface area contributed by atoms with Gasteiger partial charge in [-0.3, -0.25) is 0 Å². The SMILES string of the molecule is CNC1CC(c2cccc(OC)c2)Oc2ccc(C)cc21. The molecule has 0 spiro atoms. The summed E-state index contributed by atoms with van der Waals surface area (Å²) >= 11 is 0. The summed E-state index contributed by atoms with van der Waals surface area (Å²) in [6.45, 7) is 2.11. The molecule has 0 amide bonds. The predicted molar refractivity (Wildman–Crippen MR) is 84.0 cm³/mol. The Morgan fingerprint density at radius 3 is 2.81 bits per heavy atom. The minimum atomic E-state index is 0.0488. The van der Waals surface area contributed by atoms with E-state index in [9.17, 15) is 0 Å². The number of fused-ring (bicyclic) bond motifs is 1. The molecule has 2 unspecified atom stereocenters. The van der Waals surface area contributed by atoms with E-state index in [1.54, 1.807) is 7.11 Å². The minimum absolute atomic E-state index is 0.0488. The standard InChI is InChI=1S/C18H21NO2/c1-12-7-8-17-15(9-12)16(19-2)11-18(21-17)13-5-4-6-14(10-13)20-3/h4-10,16,18-19H,11H2,1-3H3. The Kier molecular flexibility index (Phi) is 3.84. The van der Waals surface area contributed by atoms with E-state index in [-0.39, 0.29) is 6.10 Å². The van der Waals surface area contributed by atoms with Crippen LogP contribution in [0.1, 0.15) is 35.3 Å². The molecule has 110 valence electrons. The van der Waals surface area contributed by atoms with E-state index in [2.05, 4.69) is 42.6 Å². The maximum absolute atomic E-state index is 6.21. The maximum Gasteiger partial charge on any atom is 0.126 e. The van der Waals surface area contributed by atoms with Crippen molar-refractivity contribution in [3.05, 3.63) is 59.2 Å². The van der Waals surface area contributed by atoms with Gasteiger partial charge in [-0.1, -0.05) is 29.8 Å². The molecule has 0 radical (unpaired) electrons. The molecule has 0 aromatic heterocycles. The Hall–Kier alpha value is -2.00. The number of hydrogen-bond acceptors (Lipinski definition) is 3. The van der Waals surface area contributed by atoms with Gasteiger partial charge in [0.15, 0.2) is 0 Å². The molecule has 1 heterocycles. The van der Waals surface area contributed by atoms with E-state index >= 15 is 0 Å². The van der Waals surface area contributed by atoms with Gasteiger partial charge in [-0.05, 0) is 37.7 Å². The Balaban J connectivity index is 1.94. The van der Waals surface area contributed by atoms with Crippen LogP contribution in [0.4, 0.5) is 0 Å². The molecule has 2 atom stereocenters. The van der Waals surface area contributed by atoms with Crippen LogP contribution >= 0.6 is 0 Å². The van der Waals surface area contributed by atoms with Crippen molar-refractivity contribution in [1.82, 2.24) is 5.32 Å². The Labute approximate surface area is 125 Å². The summed E-state index contributed by atoms with van der Waals surface area (Å²) in [7, 11) is 3.69. The zero-order valence-electron chi connectivity index (χ0n) is 12.7. The highest BCUT2D eigenvalue weighted by Gasteiger charge is 2.28. The molecular weight excluding hydrogens is 262 g/mol. The second-order valence-electron chi connectivity index (χ2n) is 5.50. The first kappa shape index (κ1) is 14.0. The fraction of sp³-hybridized carbons (Fsp3) is 0.333. The fourth-order valence-electron chi connectivity index (χ4n) is 2.91. The quantitative estimate of drug-likeness (QED) is 0.929. The maximum atomic E-state index is 6.21. The average Bonchev–Trinajstić information content (AvgIpc) is 2.54. The molecule has 1 aliphatic heterocycles. The van der Waals surface area contributed by atoms with Gasteiger partial charge in [0.1, 0.15) is 17.6 Å². The number of rotatable bonds is 3. The van der Waals surface area contributed by atoms with Crippen LogP contribution in [0.3, 0.4) is 0 Å². The van der Waals surface area contributed by atoms with Crippen LogP contribution in [-0.2, 0) is 0 Å². The highest BCUT2D eigenvalue weighted by Crippen LogP contribution is 2.41. The Morgan fingerprint density at radius 2 is 2.05 bits per heavy atom. The van der Waals surface area contributed by atoms with Crippen LogP contribution in [0.25, 0.3) is 0 Å². The molecule has 0 saturated carbocycles. The Morgan fingerprint density at radius 1 is 1.19 bits per heavy atom. The summed E-state index contributed by atoms with van der Waals surface area (Å²) < 4.78 is 11.5. The minimum Gasteiger partial charge on any atom is -0.497 e. The third-order valence-corrected chi connectivity index (χ3v) is 4.07. The van der Waals surface area contributed by atoms with E-state index in [0.29, 0.717) is 6.04 Å². The number of ether oxygens (including phenoxy) is 2. The van der Waals surface area contributed by atoms with Gasteiger partial charge >= 0.3 is 0 Å². The second kappa shape index (κ2) is 5.78. The third kappa shape index (κ3) is 2.74. The van der Waals surface area contributed by atoms with Crippen LogP contribution < -0.4 is 14.8 Å². The van der Waals surface area contributed by atoms with Crippen molar-refractivity contribution in [3.8, 4) is 11.5 Å². The predicted octanol–water partition coefficient (Wildman–Crippen LogP) is 3.79. The van der Waals surface area contributed by atoms with Gasteiger partial charge in [0.05, 0.1) is 7.11 Å². The molecule has 3 nitrogen and oxygen atoms in total. The van der Waals surface area contributed by atoms with Crippen molar-refractivity contribution < 1.29 is 9.47 Å². The number of hydrogen-bond donors (Lipinski definition) is 1. The Bertz CT molecular complexity index is 639. The van der Waals surface area contributed by atoms with Crippen molar-refractivity contribution in [2.24, 2.45) is 0 Å². The van der Waals surface area contributed by atoms with Gasteiger partial charge in [0, 0.05) is 18.0 Å². The first-order valence-electron chi connectivity index (χ1n) is 7.29. The van der Waals surface area contributed by atoms with Crippen molar-refractivity contribution in [1.29, 1.82) is 0 Å². The van der Waals surface area contributed by atoms with E-state index in [1.165, 1.54) is 11.1 Å². The first-order chi connectivity index (χ1) is 10.2. The molecule has 0 fully saturated rings. The monoisotopic (exact) mass is 283 g/mol. The van der Waals surface area contributed by atoms with Crippen LogP contribution in [0.2, 0.25) is 0 Å². The molecular formula is C18H21NO2. The van der Waals surface area contributed by atoms with Gasteiger partial charge in [0.25, 0.3) is 0 Å². The van der Waals surface area contributed by atoms with Crippen LogP contribution in [0.5, 0.6) is 11.5 Å². The lowest BCUT2D eigenvalue weighted by Gasteiger charge is -2.32. The lowest BCUT2D eigenvalue weighted by Crippen LogP contribution is -2.26. The highest BCUT2D eigenvalue weighted by molar-refractivity contribution is 5.42. The van der Waals surface area contributed by atoms with Crippen LogP contribution in [0, 0.1) is 6.92 Å². The van der Waals surface area contributed by atoms with E-state index in [0.717, 1.165) is 23.5 Å². The normalized spacial score (nSPS) is 20.5. The number of aryl methyl sites for hydroxylation is 1. The van der Waals surface area contributed by atoms with Crippen molar-refractivity contribution in [3.63, 3.8) is 0 Å². The molecule has 0 bridgehead atoms. The average molecular weight is 283 g/mol. The lowest BCUT2D eigenvalue weighted by atomic mass is 9.92. The zero-order valence-corrected chi connectivity index (χ0v) is 12.7. The van der Waals surface area contributed by atoms with Crippen LogP contribution in [0.15, 0.2) is 42.5 Å². The van der Waals surface area contributed by atoms with Gasteiger partial charge in [0.2, 0.25) is 0 Å². The van der Waals surface area contributed by atoms with Gasteiger partial charge < -0.3 is 14.8 Å². The van der Waals surface area contributed by atoms with Crippen LogP contribution in [-0.4, -0.2) is 14.2 Å². The van der Waals surface area contributed by atoms with Gasteiger partial charge in [-0.15, -0.1) is 0 Å². The zero-order chi connectivity index (χ0) is 14.8. The first-order valence-corrected chi connectivity index (χ1v) is 7.29. The summed E-state index contributed by atoms with van der Waals surface area (Å²) in [4.78, 5) is 0. The summed E-state index contributed by atoms with van der Waals surface area (Å²) in [6.07, 6.45) is 0.966. The lowest BCUT2D eigenvalue weighted by molar-refractivity contribution is 0.153. The molecule has 1 N–H and O–H groups in total. The molecule has 0 saturated heterocycles. The summed E-state index contributed by atoms with van der Waals surface area (Å²) in [5, 5.41) is 3.40. The molecule has 3 rings (SSSR count). The van der Waals surface area contributed by atoms with E-state index in [1.807, 2.05) is 19.2 Å². The van der Waals surface area contributed by atoms with Gasteiger partial charge in [-0.25, -0.2) is 0 Å². The summed E-state index contributed by atoms with van der Waals surface area (Å²) in [5.41, 5.74) is 3.66. The number of nitrogens with one attached hydrogen (secondary N) is 1. The summed E-state index contributed by atoms with van der Waals surface area (Å²) in [6, 6.07) is 14.8. The largest absolute Gasteiger partial charge is 0.497 e. The number of methoxy groups -OCH3 is 1. The molecule has 2 aromatic carbocycles. The van der Waals surface area contributed by atoms with E-state index < -0.39 is 0 Å². The van der Waals surface area contributed by atoms with Crippen molar-refractivity contribution in [2.45, 2.75) is 25.5 Å². The summed E-state index contributed by atoms with van der Waals surface area (Å²) in [5.74, 6) is 1.84. The van der Waals surface area contributed by atoms with E-state index in [4.69, 9.17) is 9.47 Å².